The van der Waals surface area contributed by atoms with Gasteiger partial charge in [0.05, 0.1) is 6.61 Å². The van der Waals surface area contributed by atoms with Crippen LogP contribution < -0.4 is 4.90 Å². The van der Waals surface area contributed by atoms with E-state index in [2.05, 4.69) is 53.3 Å². The van der Waals surface area contributed by atoms with Gasteiger partial charge in [-0.25, -0.2) is 0 Å². The number of aromatic nitrogens is 1. The Bertz CT molecular complexity index is 651. The van der Waals surface area contributed by atoms with Crippen LogP contribution in [0.3, 0.4) is 0 Å². The van der Waals surface area contributed by atoms with Gasteiger partial charge in [-0.15, -0.1) is 0 Å². The van der Waals surface area contributed by atoms with Crippen molar-refractivity contribution in [3.05, 3.63) is 59.9 Å². The molecule has 0 bridgehead atoms. The predicted molar refractivity (Wildman–Crippen MR) is 98.7 cm³/mol. The Morgan fingerprint density at radius 1 is 1.04 bits per heavy atom. The molecule has 0 unspecified atom stereocenters. The SMILES string of the molecule is CC(=O)OCCCCN(C)c1ccc(C=Cc2ccncc2)cc1. The molecule has 0 aliphatic heterocycles. The smallest absolute Gasteiger partial charge is 0.302 e. The Labute approximate surface area is 143 Å². The van der Waals surface area contributed by atoms with E-state index in [1.165, 1.54) is 18.2 Å². The van der Waals surface area contributed by atoms with Gasteiger partial charge in [-0.3, -0.25) is 9.78 Å². The van der Waals surface area contributed by atoms with Gasteiger partial charge in [0.15, 0.2) is 0 Å². The van der Waals surface area contributed by atoms with Crippen LogP contribution in [0.5, 0.6) is 0 Å². The highest BCUT2D eigenvalue weighted by atomic mass is 16.5. The zero-order valence-electron chi connectivity index (χ0n) is 14.3. The van der Waals surface area contributed by atoms with E-state index < -0.39 is 0 Å². The van der Waals surface area contributed by atoms with Crippen LogP contribution in [-0.2, 0) is 9.53 Å². The van der Waals surface area contributed by atoms with Gasteiger partial charge in [-0.2, -0.15) is 0 Å². The standard InChI is InChI=1S/C20H24N2O2/c1-17(23)24-16-4-3-15-22(2)20-9-7-18(8-10-20)5-6-19-11-13-21-14-12-19/h5-14H,3-4,15-16H2,1-2H3. The second-order valence-electron chi connectivity index (χ2n) is 5.67. The van der Waals surface area contributed by atoms with Gasteiger partial charge in [0, 0.05) is 38.6 Å². The Hall–Kier alpha value is -2.62. The first-order chi connectivity index (χ1) is 11.6. The van der Waals surface area contributed by atoms with Gasteiger partial charge in [0.1, 0.15) is 0 Å². The van der Waals surface area contributed by atoms with E-state index in [0.717, 1.165) is 24.9 Å². The maximum absolute atomic E-state index is 10.7. The molecule has 24 heavy (non-hydrogen) atoms. The van der Waals surface area contributed by atoms with E-state index in [1.807, 2.05) is 12.1 Å². The normalized spacial score (nSPS) is 10.8. The van der Waals surface area contributed by atoms with Crippen molar-refractivity contribution in [3.63, 3.8) is 0 Å². The van der Waals surface area contributed by atoms with E-state index in [0.29, 0.717) is 6.61 Å². The molecule has 1 aromatic heterocycles. The van der Waals surface area contributed by atoms with Crippen LogP contribution >= 0.6 is 0 Å². The Morgan fingerprint density at radius 2 is 1.67 bits per heavy atom. The van der Waals surface area contributed by atoms with Crippen molar-refractivity contribution in [2.75, 3.05) is 25.1 Å². The first-order valence-corrected chi connectivity index (χ1v) is 8.18. The molecule has 2 aromatic rings. The van der Waals surface area contributed by atoms with Gasteiger partial charge in [-0.05, 0) is 48.2 Å². The van der Waals surface area contributed by atoms with Gasteiger partial charge in [0.2, 0.25) is 0 Å². The first kappa shape index (κ1) is 17.7. The van der Waals surface area contributed by atoms with Crippen LogP contribution in [0.25, 0.3) is 12.2 Å². The molecule has 0 saturated heterocycles. The van der Waals surface area contributed by atoms with Crippen molar-refractivity contribution in [1.29, 1.82) is 0 Å². The summed E-state index contributed by atoms with van der Waals surface area (Å²) < 4.78 is 4.94. The second kappa shape index (κ2) is 9.50. The topological polar surface area (TPSA) is 42.4 Å². The molecule has 126 valence electrons. The minimum atomic E-state index is -0.209. The van der Waals surface area contributed by atoms with Gasteiger partial charge in [-0.1, -0.05) is 24.3 Å². The Kier molecular flexibility index (Phi) is 7.02. The third kappa shape index (κ3) is 6.24. The van der Waals surface area contributed by atoms with Crippen LogP contribution in [0.4, 0.5) is 5.69 Å². The summed E-state index contributed by atoms with van der Waals surface area (Å²) in [6, 6.07) is 12.4. The summed E-state index contributed by atoms with van der Waals surface area (Å²) in [5, 5.41) is 0. The summed E-state index contributed by atoms with van der Waals surface area (Å²) in [5.74, 6) is -0.209. The summed E-state index contributed by atoms with van der Waals surface area (Å²) in [4.78, 5) is 16.9. The number of ether oxygens (including phenoxy) is 1. The highest BCUT2D eigenvalue weighted by Gasteiger charge is 2.01. The summed E-state index contributed by atoms with van der Waals surface area (Å²) >= 11 is 0. The number of unbranched alkanes of at least 4 members (excludes halogenated alkanes) is 1. The van der Waals surface area contributed by atoms with Crippen molar-refractivity contribution >= 4 is 23.8 Å². The molecule has 0 spiro atoms. The van der Waals surface area contributed by atoms with E-state index in [9.17, 15) is 4.79 Å². The highest BCUT2D eigenvalue weighted by Crippen LogP contribution is 2.16. The van der Waals surface area contributed by atoms with Gasteiger partial charge >= 0.3 is 5.97 Å². The number of rotatable bonds is 8. The second-order valence-corrected chi connectivity index (χ2v) is 5.67. The zero-order valence-corrected chi connectivity index (χ0v) is 14.3. The molecule has 0 aliphatic rings. The number of hydrogen-bond donors (Lipinski definition) is 0. The highest BCUT2D eigenvalue weighted by molar-refractivity contribution is 5.70. The third-order valence-corrected chi connectivity index (χ3v) is 3.70. The van der Waals surface area contributed by atoms with Crippen molar-refractivity contribution in [1.82, 2.24) is 4.98 Å². The minimum Gasteiger partial charge on any atom is -0.466 e. The van der Waals surface area contributed by atoms with Crippen molar-refractivity contribution in [3.8, 4) is 0 Å². The summed E-state index contributed by atoms with van der Waals surface area (Å²) in [6.45, 7) is 2.88. The third-order valence-electron chi connectivity index (χ3n) is 3.70. The van der Waals surface area contributed by atoms with Gasteiger partial charge < -0.3 is 9.64 Å². The molecule has 1 heterocycles. The molecule has 0 fully saturated rings. The van der Waals surface area contributed by atoms with Crippen LogP contribution in [0.1, 0.15) is 30.9 Å². The molecule has 0 aliphatic carbocycles. The maximum Gasteiger partial charge on any atom is 0.302 e. The number of esters is 1. The molecule has 4 nitrogen and oxygen atoms in total. The lowest BCUT2D eigenvalue weighted by molar-refractivity contribution is -0.141. The lowest BCUT2D eigenvalue weighted by Gasteiger charge is -2.19. The van der Waals surface area contributed by atoms with Crippen LogP contribution in [0.15, 0.2) is 48.8 Å². The average Bonchev–Trinajstić information content (AvgIpc) is 2.60. The molecular formula is C20H24N2O2. The minimum absolute atomic E-state index is 0.209. The molecule has 0 N–H and O–H groups in total. The number of pyridine rings is 1. The zero-order chi connectivity index (χ0) is 17.2. The Balaban J connectivity index is 1.80. The number of anilines is 1. The quantitative estimate of drug-likeness (QED) is 0.543. The van der Waals surface area contributed by atoms with E-state index in [1.54, 1.807) is 12.4 Å². The fourth-order valence-electron chi connectivity index (χ4n) is 2.30. The number of hydrogen-bond acceptors (Lipinski definition) is 4. The van der Waals surface area contributed by atoms with Crippen molar-refractivity contribution in [2.24, 2.45) is 0 Å². The number of nitrogens with zero attached hydrogens (tertiary/aromatic N) is 2. The van der Waals surface area contributed by atoms with E-state index in [-0.39, 0.29) is 5.97 Å². The van der Waals surface area contributed by atoms with Crippen LogP contribution in [0, 0.1) is 0 Å². The van der Waals surface area contributed by atoms with Crippen molar-refractivity contribution < 1.29 is 9.53 Å². The van der Waals surface area contributed by atoms with Crippen LogP contribution in [-0.4, -0.2) is 31.2 Å². The van der Waals surface area contributed by atoms with Crippen molar-refractivity contribution in [2.45, 2.75) is 19.8 Å². The maximum atomic E-state index is 10.7. The molecule has 2 rings (SSSR count). The predicted octanol–water partition coefficient (Wildman–Crippen LogP) is 4.03. The summed E-state index contributed by atoms with van der Waals surface area (Å²) in [7, 11) is 2.08. The molecule has 4 heteroatoms. The average molecular weight is 324 g/mol. The number of carbonyl (C=O) groups is 1. The van der Waals surface area contributed by atoms with E-state index in [4.69, 9.17) is 4.74 Å². The molecular weight excluding hydrogens is 300 g/mol. The fraction of sp³-hybridized carbons (Fsp3) is 0.300. The van der Waals surface area contributed by atoms with E-state index >= 15 is 0 Å². The fourth-order valence-corrected chi connectivity index (χ4v) is 2.30. The Morgan fingerprint density at radius 3 is 2.29 bits per heavy atom. The molecule has 1 aromatic carbocycles. The van der Waals surface area contributed by atoms with Gasteiger partial charge in [0.25, 0.3) is 0 Å². The molecule has 0 saturated carbocycles. The lowest BCUT2D eigenvalue weighted by atomic mass is 10.1. The number of benzene rings is 1. The molecule has 0 radical (unpaired) electrons. The van der Waals surface area contributed by atoms with Crippen LogP contribution in [0.2, 0.25) is 0 Å². The molecule has 0 amide bonds. The molecule has 0 atom stereocenters. The monoisotopic (exact) mass is 324 g/mol. The first-order valence-electron chi connectivity index (χ1n) is 8.18. The number of carbonyl (C=O) groups excluding carboxylic acids is 1. The lowest BCUT2D eigenvalue weighted by Crippen LogP contribution is -2.18. The largest absolute Gasteiger partial charge is 0.466 e. The summed E-state index contributed by atoms with van der Waals surface area (Å²) in [5.41, 5.74) is 3.49. The summed E-state index contributed by atoms with van der Waals surface area (Å²) in [6.07, 6.45) is 9.64.